The molecule has 0 saturated carbocycles. The zero-order valence-corrected chi connectivity index (χ0v) is 20.4. The molecule has 1 atom stereocenters. The second-order valence-electron chi connectivity index (χ2n) is 8.22. The van der Waals surface area contributed by atoms with Crippen LogP contribution in [0, 0.1) is 5.92 Å². The van der Waals surface area contributed by atoms with Crippen molar-refractivity contribution < 1.29 is 22.7 Å². The SMILES string of the molecule is CCOc1ccc([C@@H](C)NC(=O)C2CCN(S(=O)(=O)Cc3ccccc3)CC2)cc1OCC. The molecule has 1 fully saturated rings. The summed E-state index contributed by atoms with van der Waals surface area (Å²) in [6, 6.07) is 14.7. The van der Waals surface area contributed by atoms with E-state index in [0.29, 0.717) is 50.6 Å². The van der Waals surface area contributed by atoms with E-state index >= 15 is 0 Å². The van der Waals surface area contributed by atoms with Gasteiger partial charge in [-0.3, -0.25) is 4.79 Å². The summed E-state index contributed by atoms with van der Waals surface area (Å²) in [5.74, 6) is 1.08. The summed E-state index contributed by atoms with van der Waals surface area (Å²) in [5.41, 5.74) is 1.70. The third-order valence-electron chi connectivity index (χ3n) is 5.84. The fourth-order valence-corrected chi connectivity index (χ4v) is 5.59. The number of rotatable bonds is 10. The molecular weight excluding hydrogens is 440 g/mol. The topological polar surface area (TPSA) is 84.9 Å². The predicted molar refractivity (Wildman–Crippen MR) is 129 cm³/mol. The van der Waals surface area contributed by atoms with Gasteiger partial charge >= 0.3 is 0 Å². The highest BCUT2D eigenvalue weighted by Crippen LogP contribution is 2.31. The van der Waals surface area contributed by atoms with Gasteiger partial charge in [0.15, 0.2) is 11.5 Å². The van der Waals surface area contributed by atoms with Crippen LogP contribution in [0.15, 0.2) is 48.5 Å². The molecule has 1 aliphatic heterocycles. The lowest BCUT2D eigenvalue weighted by molar-refractivity contribution is -0.126. The summed E-state index contributed by atoms with van der Waals surface area (Å²) in [7, 11) is -3.39. The van der Waals surface area contributed by atoms with Crippen LogP contribution in [-0.2, 0) is 20.6 Å². The smallest absolute Gasteiger partial charge is 0.223 e. The van der Waals surface area contributed by atoms with Crippen LogP contribution in [0.2, 0.25) is 0 Å². The van der Waals surface area contributed by atoms with E-state index in [0.717, 1.165) is 11.1 Å². The van der Waals surface area contributed by atoms with Gasteiger partial charge in [-0.1, -0.05) is 36.4 Å². The van der Waals surface area contributed by atoms with Gasteiger partial charge in [0.05, 0.1) is 25.0 Å². The Morgan fingerprint density at radius 2 is 1.67 bits per heavy atom. The molecule has 7 nitrogen and oxygen atoms in total. The van der Waals surface area contributed by atoms with Gasteiger partial charge in [-0.25, -0.2) is 12.7 Å². The van der Waals surface area contributed by atoms with Crippen molar-refractivity contribution in [1.29, 1.82) is 0 Å². The number of hydrogen-bond acceptors (Lipinski definition) is 5. The molecule has 1 aliphatic rings. The van der Waals surface area contributed by atoms with Gasteiger partial charge in [0.25, 0.3) is 0 Å². The first-order valence-electron chi connectivity index (χ1n) is 11.6. The number of hydrogen-bond donors (Lipinski definition) is 1. The van der Waals surface area contributed by atoms with E-state index in [1.165, 1.54) is 4.31 Å². The van der Waals surface area contributed by atoms with Crippen molar-refractivity contribution in [2.24, 2.45) is 5.92 Å². The Labute approximate surface area is 197 Å². The number of amides is 1. The van der Waals surface area contributed by atoms with E-state index in [1.807, 2.05) is 69.3 Å². The highest BCUT2D eigenvalue weighted by molar-refractivity contribution is 7.88. The molecule has 3 rings (SSSR count). The Morgan fingerprint density at radius 3 is 2.30 bits per heavy atom. The number of carbonyl (C=O) groups excluding carboxylic acids is 1. The lowest BCUT2D eigenvalue weighted by atomic mass is 9.96. The molecule has 1 N–H and O–H groups in total. The van der Waals surface area contributed by atoms with Gasteiger partial charge in [0.1, 0.15) is 0 Å². The molecule has 1 saturated heterocycles. The van der Waals surface area contributed by atoms with E-state index in [-0.39, 0.29) is 23.6 Å². The van der Waals surface area contributed by atoms with Crippen LogP contribution in [0.5, 0.6) is 11.5 Å². The lowest BCUT2D eigenvalue weighted by Gasteiger charge is -2.31. The molecular formula is C25H34N2O5S. The largest absolute Gasteiger partial charge is 0.490 e. The zero-order chi connectivity index (χ0) is 23.8. The molecule has 0 spiro atoms. The number of nitrogens with one attached hydrogen (secondary N) is 1. The predicted octanol–water partition coefficient (Wildman–Crippen LogP) is 3.90. The Balaban J connectivity index is 1.56. The van der Waals surface area contributed by atoms with Gasteiger partial charge in [-0.05, 0) is 56.9 Å². The van der Waals surface area contributed by atoms with Crippen LogP contribution in [-0.4, -0.2) is 44.9 Å². The average molecular weight is 475 g/mol. The van der Waals surface area contributed by atoms with Gasteiger partial charge in [0.2, 0.25) is 15.9 Å². The number of nitrogens with zero attached hydrogens (tertiary/aromatic N) is 1. The van der Waals surface area contributed by atoms with Crippen molar-refractivity contribution in [3.05, 3.63) is 59.7 Å². The summed E-state index contributed by atoms with van der Waals surface area (Å²) >= 11 is 0. The molecule has 0 aliphatic carbocycles. The standard InChI is InChI=1S/C25H34N2O5S/c1-4-31-23-12-11-22(17-24(23)32-5-2)19(3)26-25(28)21-13-15-27(16-14-21)33(29,30)18-20-9-7-6-8-10-20/h6-12,17,19,21H,4-5,13-16,18H2,1-3H3,(H,26,28)/t19-/m1/s1. The second-order valence-corrected chi connectivity index (χ2v) is 10.2. The summed E-state index contributed by atoms with van der Waals surface area (Å²) in [4.78, 5) is 12.9. The third kappa shape index (κ3) is 6.71. The normalized spacial score (nSPS) is 16.2. The summed E-state index contributed by atoms with van der Waals surface area (Å²) in [5, 5.41) is 3.08. The zero-order valence-electron chi connectivity index (χ0n) is 19.6. The minimum Gasteiger partial charge on any atom is -0.490 e. The van der Waals surface area contributed by atoms with E-state index < -0.39 is 10.0 Å². The van der Waals surface area contributed by atoms with Crippen LogP contribution < -0.4 is 14.8 Å². The van der Waals surface area contributed by atoms with E-state index in [9.17, 15) is 13.2 Å². The third-order valence-corrected chi connectivity index (χ3v) is 7.69. The maximum Gasteiger partial charge on any atom is 0.223 e. The summed E-state index contributed by atoms with van der Waals surface area (Å²) in [6.45, 7) is 7.56. The van der Waals surface area contributed by atoms with Crippen molar-refractivity contribution in [3.8, 4) is 11.5 Å². The number of ether oxygens (including phenoxy) is 2. The lowest BCUT2D eigenvalue weighted by Crippen LogP contribution is -2.43. The van der Waals surface area contributed by atoms with Crippen molar-refractivity contribution >= 4 is 15.9 Å². The van der Waals surface area contributed by atoms with Gasteiger partial charge in [0, 0.05) is 19.0 Å². The van der Waals surface area contributed by atoms with Crippen molar-refractivity contribution in [2.75, 3.05) is 26.3 Å². The number of piperidine rings is 1. The molecule has 1 amide bonds. The first-order valence-corrected chi connectivity index (χ1v) is 13.2. The van der Waals surface area contributed by atoms with Crippen molar-refractivity contribution in [1.82, 2.24) is 9.62 Å². The maximum atomic E-state index is 12.9. The fraction of sp³-hybridized carbons (Fsp3) is 0.480. The molecule has 2 aromatic carbocycles. The Morgan fingerprint density at radius 1 is 1.03 bits per heavy atom. The molecule has 8 heteroatoms. The van der Waals surface area contributed by atoms with Gasteiger partial charge in [-0.2, -0.15) is 0 Å². The number of benzene rings is 2. The molecule has 0 bridgehead atoms. The van der Waals surface area contributed by atoms with Crippen molar-refractivity contribution in [3.63, 3.8) is 0 Å². The fourth-order valence-electron chi connectivity index (χ4n) is 4.02. The summed E-state index contributed by atoms with van der Waals surface area (Å²) in [6.07, 6.45) is 1.03. The van der Waals surface area contributed by atoms with E-state index in [4.69, 9.17) is 9.47 Å². The van der Waals surface area contributed by atoms with Crippen LogP contribution in [0.4, 0.5) is 0 Å². The number of carbonyl (C=O) groups is 1. The average Bonchev–Trinajstić information content (AvgIpc) is 2.81. The van der Waals surface area contributed by atoms with Crippen LogP contribution in [0.25, 0.3) is 0 Å². The Bertz CT molecular complexity index is 1020. The second kappa shape index (κ2) is 11.5. The molecule has 2 aromatic rings. The minimum absolute atomic E-state index is 0.0123. The van der Waals surface area contributed by atoms with E-state index in [2.05, 4.69) is 5.32 Å². The molecule has 180 valence electrons. The highest BCUT2D eigenvalue weighted by Gasteiger charge is 2.31. The molecule has 33 heavy (non-hydrogen) atoms. The molecule has 0 unspecified atom stereocenters. The molecule has 0 aromatic heterocycles. The molecule has 0 radical (unpaired) electrons. The first kappa shape index (κ1) is 25.1. The van der Waals surface area contributed by atoms with Gasteiger partial charge in [-0.15, -0.1) is 0 Å². The van der Waals surface area contributed by atoms with Crippen molar-refractivity contribution in [2.45, 2.75) is 45.4 Å². The van der Waals surface area contributed by atoms with Crippen LogP contribution in [0.3, 0.4) is 0 Å². The monoisotopic (exact) mass is 474 g/mol. The summed E-state index contributed by atoms with van der Waals surface area (Å²) < 4.78 is 38.3. The van der Waals surface area contributed by atoms with E-state index in [1.54, 1.807) is 0 Å². The van der Waals surface area contributed by atoms with Crippen LogP contribution >= 0.6 is 0 Å². The molecule has 1 heterocycles. The minimum atomic E-state index is -3.39. The quantitative estimate of drug-likeness (QED) is 0.565. The first-order chi connectivity index (χ1) is 15.8. The van der Waals surface area contributed by atoms with Gasteiger partial charge < -0.3 is 14.8 Å². The number of sulfonamides is 1. The maximum absolute atomic E-state index is 12.9. The Kier molecular flexibility index (Phi) is 8.74. The van der Waals surface area contributed by atoms with Crippen LogP contribution in [0.1, 0.15) is 50.8 Å². The highest BCUT2D eigenvalue weighted by atomic mass is 32.2. The Hall–Kier alpha value is -2.58.